The number of hydrogen-bond acceptors (Lipinski definition) is 3. The summed E-state index contributed by atoms with van der Waals surface area (Å²) in [5.74, 6) is 3.26. The summed E-state index contributed by atoms with van der Waals surface area (Å²) >= 11 is 3.51. The largest absolute Gasteiger partial charge is 0.454 e. The maximum absolute atomic E-state index is 5.43. The molecule has 0 spiro atoms. The van der Waals surface area contributed by atoms with Crippen molar-refractivity contribution >= 4 is 45.9 Å². The summed E-state index contributed by atoms with van der Waals surface area (Å²) in [7, 11) is 0. The minimum absolute atomic E-state index is 0. The smallest absolute Gasteiger partial charge is 0.231 e. The Morgan fingerprint density at radius 1 is 1.32 bits per heavy atom. The first-order valence-corrected chi connectivity index (χ1v) is 8.15. The number of rotatable bonds is 5. The lowest BCUT2D eigenvalue weighted by molar-refractivity contribution is 0.173. The second kappa shape index (κ2) is 8.24. The van der Waals surface area contributed by atoms with Gasteiger partial charge in [-0.3, -0.25) is 0 Å². The first-order valence-electron chi connectivity index (χ1n) is 7.36. The highest BCUT2D eigenvalue weighted by molar-refractivity contribution is 14.0. The molecule has 122 valence electrons. The topological polar surface area (TPSA) is 54.9 Å². The van der Waals surface area contributed by atoms with Crippen LogP contribution in [0.1, 0.15) is 25.3 Å². The predicted octanol–water partition coefficient (Wildman–Crippen LogP) is 3.26. The summed E-state index contributed by atoms with van der Waals surface area (Å²) in [6.45, 7) is 4.84. The van der Waals surface area contributed by atoms with E-state index >= 15 is 0 Å². The number of benzene rings is 1. The maximum atomic E-state index is 5.43. The zero-order chi connectivity index (χ0) is 14.7. The number of hydrogen-bond donors (Lipinski definition) is 2. The van der Waals surface area contributed by atoms with Crippen molar-refractivity contribution < 1.29 is 9.47 Å². The summed E-state index contributed by atoms with van der Waals surface area (Å²) < 4.78 is 11.7. The number of nitrogens with one attached hydrogen (secondary N) is 2. The van der Waals surface area contributed by atoms with Gasteiger partial charge in [-0.25, -0.2) is 4.99 Å². The van der Waals surface area contributed by atoms with Gasteiger partial charge in [-0.15, -0.1) is 24.0 Å². The number of nitrogens with zero attached hydrogens (tertiary/aromatic N) is 1. The standard InChI is InChI=1S/C15H20BrN3O2.HI/c1-2-17-15(18-7-10-3-4-10)19-8-11-5-12(16)14-13(6-11)20-9-21-14;/h5-6,10H,2-4,7-9H2,1H3,(H2,17,18,19);1H. The molecular formula is C15H21BrIN3O2. The number of aliphatic imine (C=N–C) groups is 1. The molecule has 0 aromatic heterocycles. The highest BCUT2D eigenvalue weighted by Crippen LogP contribution is 2.40. The molecule has 0 atom stereocenters. The van der Waals surface area contributed by atoms with E-state index in [0.717, 1.165) is 46.5 Å². The van der Waals surface area contributed by atoms with Gasteiger partial charge in [0.25, 0.3) is 0 Å². The Labute approximate surface area is 156 Å². The lowest BCUT2D eigenvalue weighted by atomic mass is 10.2. The van der Waals surface area contributed by atoms with Gasteiger partial charge in [0.1, 0.15) is 0 Å². The van der Waals surface area contributed by atoms with Crippen molar-refractivity contribution in [3.05, 3.63) is 22.2 Å². The van der Waals surface area contributed by atoms with Crippen molar-refractivity contribution in [3.8, 4) is 11.5 Å². The Balaban J connectivity index is 0.00000176. The molecule has 0 unspecified atom stereocenters. The third-order valence-electron chi connectivity index (χ3n) is 3.51. The zero-order valence-electron chi connectivity index (χ0n) is 12.5. The second-order valence-corrected chi connectivity index (χ2v) is 6.19. The quantitative estimate of drug-likeness (QED) is 0.385. The molecule has 1 aliphatic carbocycles. The molecular weight excluding hydrogens is 461 g/mol. The summed E-state index contributed by atoms with van der Waals surface area (Å²) in [4.78, 5) is 4.63. The van der Waals surface area contributed by atoms with Gasteiger partial charge in [0, 0.05) is 13.1 Å². The van der Waals surface area contributed by atoms with E-state index in [-0.39, 0.29) is 30.8 Å². The number of fused-ring (bicyclic) bond motifs is 1. The summed E-state index contributed by atoms with van der Waals surface area (Å²) in [5.41, 5.74) is 1.09. The third kappa shape index (κ3) is 4.65. The molecule has 1 saturated carbocycles. The first-order chi connectivity index (χ1) is 10.3. The Hall–Kier alpha value is -0.700. The number of ether oxygens (including phenoxy) is 2. The molecule has 5 nitrogen and oxygen atoms in total. The molecule has 1 aromatic rings. The van der Waals surface area contributed by atoms with Crippen LogP contribution in [0.2, 0.25) is 0 Å². The van der Waals surface area contributed by atoms with Crippen LogP contribution in [-0.2, 0) is 6.54 Å². The van der Waals surface area contributed by atoms with Gasteiger partial charge in [0.05, 0.1) is 11.0 Å². The van der Waals surface area contributed by atoms with Crippen molar-refractivity contribution in [2.75, 3.05) is 19.9 Å². The van der Waals surface area contributed by atoms with Gasteiger partial charge in [-0.1, -0.05) is 0 Å². The summed E-state index contributed by atoms with van der Waals surface area (Å²) in [6, 6.07) is 4.02. The molecule has 1 fully saturated rings. The SMILES string of the molecule is CCNC(=NCc1cc(Br)c2c(c1)OCO2)NCC1CC1.I. The Morgan fingerprint density at radius 3 is 2.86 bits per heavy atom. The lowest BCUT2D eigenvalue weighted by Crippen LogP contribution is -2.38. The molecule has 0 saturated heterocycles. The fourth-order valence-electron chi connectivity index (χ4n) is 2.19. The molecule has 7 heteroatoms. The maximum Gasteiger partial charge on any atom is 0.231 e. The van der Waals surface area contributed by atoms with Crippen LogP contribution in [0.25, 0.3) is 0 Å². The fraction of sp³-hybridized carbons (Fsp3) is 0.533. The van der Waals surface area contributed by atoms with Crippen LogP contribution < -0.4 is 20.1 Å². The third-order valence-corrected chi connectivity index (χ3v) is 4.10. The Kier molecular flexibility index (Phi) is 6.61. The molecule has 1 aliphatic heterocycles. The van der Waals surface area contributed by atoms with Crippen LogP contribution in [0, 0.1) is 5.92 Å². The normalized spacial score (nSPS) is 16.2. The molecule has 2 aliphatic rings. The van der Waals surface area contributed by atoms with Crippen LogP contribution in [0.4, 0.5) is 0 Å². The van der Waals surface area contributed by atoms with Crippen LogP contribution in [0.5, 0.6) is 11.5 Å². The van der Waals surface area contributed by atoms with E-state index in [4.69, 9.17) is 9.47 Å². The van der Waals surface area contributed by atoms with Gasteiger partial charge >= 0.3 is 0 Å². The molecule has 0 bridgehead atoms. The van der Waals surface area contributed by atoms with E-state index in [1.807, 2.05) is 12.1 Å². The van der Waals surface area contributed by atoms with Crippen molar-refractivity contribution in [1.82, 2.24) is 10.6 Å². The van der Waals surface area contributed by atoms with Crippen molar-refractivity contribution in [1.29, 1.82) is 0 Å². The molecule has 1 aromatic carbocycles. The fourth-order valence-corrected chi connectivity index (χ4v) is 2.79. The van der Waals surface area contributed by atoms with Crippen molar-refractivity contribution in [3.63, 3.8) is 0 Å². The highest BCUT2D eigenvalue weighted by Gasteiger charge is 2.21. The molecule has 2 N–H and O–H groups in total. The zero-order valence-corrected chi connectivity index (χ0v) is 16.4. The van der Waals surface area contributed by atoms with Crippen molar-refractivity contribution in [2.24, 2.45) is 10.9 Å². The predicted molar refractivity (Wildman–Crippen MR) is 101 cm³/mol. The van der Waals surface area contributed by atoms with Gasteiger partial charge in [-0.05, 0) is 59.3 Å². The van der Waals surface area contributed by atoms with Crippen LogP contribution >= 0.6 is 39.9 Å². The van der Waals surface area contributed by atoms with Gasteiger partial charge in [-0.2, -0.15) is 0 Å². The Bertz CT molecular complexity index is 550. The number of guanidine groups is 1. The molecule has 0 amide bonds. The monoisotopic (exact) mass is 481 g/mol. The minimum atomic E-state index is 0. The second-order valence-electron chi connectivity index (χ2n) is 5.33. The average Bonchev–Trinajstić information content (AvgIpc) is 3.18. The van der Waals surface area contributed by atoms with Crippen LogP contribution in [-0.4, -0.2) is 25.8 Å². The van der Waals surface area contributed by atoms with E-state index in [1.165, 1.54) is 12.8 Å². The van der Waals surface area contributed by atoms with E-state index in [0.29, 0.717) is 6.54 Å². The van der Waals surface area contributed by atoms with Crippen LogP contribution in [0.3, 0.4) is 0 Å². The molecule has 3 rings (SSSR count). The first kappa shape index (κ1) is 17.7. The summed E-state index contributed by atoms with van der Waals surface area (Å²) in [5, 5.41) is 6.67. The average molecular weight is 482 g/mol. The lowest BCUT2D eigenvalue weighted by Gasteiger charge is -2.11. The van der Waals surface area contributed by atoms with Gasteiger partial charge in [0.15, 0.2) is 17.5 Å². The van der Waals surface area contributed by atoms with E-state index in [2.05, 4.69) is 38.5 Å². The van der Waals surface area contributed by atoms with Gasteiger partial charge < -0.3 is 20.1 Å². The van der Waals surface area contributed by atoms with Crippen molar-refractivity contribution in [2.45, 2.75) is 26.3 Å². The van der Waals surface area contributed by atoms with Crippen LogP contribution in [0.15, 0.2) is 21.6 Å². The minimum Gasteiger partial charge on any atom is -0.454 e. The molecule has 1 heterocycles. The van der Waals surface area contributed by atoms with E-state index < -0.39 is 0 Å². The van der Waals surface area contributed by atoms with Gasteiger partial charge in [0.2, 0.25) is 6.79 Å². The Morgan fingerprint density at radius 2 is 2.14 bits per heavy atom. The summed E-state index contributed by atoms with van der Waals surface area (Å²) in [6.07, 6.45) is 2.67. The van der Waals surface area contributed by atoms with E-state index in [9.17, 15) is 0 Å². The molecule has 0 radical (unpaired) electrons. The number of halogens is 2. The highest BCUT2D eigenvalue weighted by atomic mass is 127. The van der Waals surface area contributed by atoms with E-state index in [1.54, 1.807) is 0 Å². The molecule has 22 heavy (non-hydrogen) atoms.